The summed E-state index contributed by atoms with van der Waals surface area (Å²) in [5, 5.41) is 1.00. The van der Waals surface area contributed by atoms with E-state index in [1.165, 1.54) is 5.56 Å². The van der Waals surface area contributed by atoms with Crippen molar-refractivity contribution < 1.29 is 4.79 Å². The molecule has 1 aromatic carbocycles. The summed E-state index contributed by atoms with van der Waals surface area (Å²) in [6.45, 7) is 0. The first-order chi connectivity index (χ1) is 6.24. The molecule has 1 rings (SSSR count). The van der Waals surface area contributed by atoms with Crippen molar-refractivity contribution in [2.75, 3.05) is 5.33 Å². The van der Waals surface area contributed by atoms with E-state index in [2.05, 4.69) is 15.9 Å². The van der Waals surface area contributed by atoms with E-state index in [4.69, 9.17) is 5.73 Å². The van der Waals surface area contributed by atoms with E-state index in [9.17, 15) is 4.79 Å². The predicted molar refractivity (Wildman–Crippen MR) is 57.1 cm³/mol. The second kappa shape index (κ2) is 5.02. The third kappa shape index (κ3) is 3.19. The van der Waals surface area contributed by atoms with Crippen LogP contribution in [-0.4, -0.2) is 11.2 Å². The molecule has 2 N–H and O–H groups in total. The van der Waals surface area contributed by atoms with Crippen molar-refractivity contribution in [2.24, 2.45) is 5.73 Å². The van der Waals surface area contributed by atoms with Gasteiger partial charge in [-0.05, 0) is 30.5 Å². The van der Waals surface area contributed by atoms with E-state index in [1.807, 2.05) is 12.1 Å². The fraction of sp³-hybridized carbons (Fsp3) is 0.300. The van der Waals surface area contributed by atoms with E-state index in [0.717, 1.165) is 18.2 Å². The second-order valence-corrected chi connectivity index (χ2v) is 3.65. The number of amides is 1. The summed E-state index contributed by atoms with van der Waals surface area (Å²) in [4.78, 5) is 10.7. The van der Waals surface area contributed by atoms with Crippen LogP contribution in [0.3, 0.4) is 0 Å². The van der Waals surface area contributed by atoms with Gasteiger partial charge >= 0.3 is 0 Å². The minimum absolute atomic E-state index is 0.368. The lowest BCUT2D eigenvalue weighted by Gasteiger charge is -1.99. The van der Waals surface area contributed by atoms with Crippen LogP contribution in [0.1, 0.15) is 22.3 Å². The van der Waals surface area contributed by atoms with Crippen LogP contribution < -0.4 is 5.73 Å². The Bertz CT molecular complexity index is 281. The van der Waals surface area contributed by atoms with Gasteiger partial charge in [-0.15, -0.1) is 0 Å². The van der Waals surface area contributed by atoms with Crippen molar-refractivity contribution in [1.82, 2.24) is 0 Å². The van der Waals surface area contributed by atoms with Gasteiger partial charge in [-0.25, -0.2) is 0 Å². The van der Waals surface area contributed by atoms with Crippen LogP contribution in [-0.2, 0) is 6.42 Å². The van der Waals surface area contributed by atoms with E-state index in [-0.39, 0.29) is 5.91 Å². The summed E-state index contributed by atoms with van der Waals surface area (Å²) >= 11 is 3.37. The van der Waals surface area contributed by atoms with E-state index in [0.29, 0.717) is 5.56 Å². The monoisotopic (exact) mass is 241 g/mol. The Labute approximate surface area is 86.3 Å². The average Bonchev–Trinajstić information content (AvgIpc) is 2.15. The van der Waals surface area contributed by atoms with Gasteiger partial charge in [0, 0.05) is 10.9 Å². The van der Waals surface area contributed by atoms with Crippen LogP contribution >= 0.6 is 15.9 Å². The summed E-state index contributed by atoms with van der Waals surface area (Å²) in [5.41, 5.74) is 6.93. The Hall–Kier alpha value is -0.830. The minimum Gasteiger partial charge on any atom is -0.366 e. The third-order valence-electron chi connectivity index (χ3n) is 1.84. The number of primary amides is 1. The Morgan fingerprint density at radius 2 is 1.92 bits per heavy atom. The number of alkyl halides is 1. The van der Waals surface area contributed by atoms with Gasteiger partial charge in [0.25, 0.3) is 0 Å². The highest BCUT2D eigenvalue weighted by molar-refractivity contribution is 9.09. The maximum absolute atomic E-state index is 10.7. The van der Waals surface area contributed by atoms with Gasteiger partial charge in [0.2, 0.25) is 5.91 Å². The molecule has 0 spiro atoms. The summed E-state index contributed by atoms with van der Waals surface area (Å²) < 4.78 is 0. The molecule has 0 aliphatic carbocycles. The third-order valence-corrected chi connectivity index (χ3v) is 2.40. The number of halogens is 1. The molecule has 0 saturated carbocycles. The molecule has 70 valence electrons. The number of hydrogen-bond donors (Lipinski definition) is 1. The smallest absolute Gasteiger partial charge is 0.248 e. The molecule has 0 aromatic heterocycles. The average molecular weight is 242 g/mol. The van der Waals surface area contributed by atoms with Crippen molar-refractivity contribution in [2.45, 2.75) is 12.8 Å². The molecule has 0 bridgehead atoms. The van der Waals surface area contributed by atoms with E-state index >= 15 is 0 Å². The lowest BCUT2D eigenvalue weighted by atomic mass is 10.1. The topological polar surface area (TPSA) is 43.1 Å². The summed E-state index contributed by atoms with van der Waals surface area (Å²) in [5.74, 6) is -0.368. The van der Waals surface area contributed by atoms with Crippen molar-refractivity contribution in [3.05, 3.63) is 35.4 Å². The number of hydrogen-bond acceptors (Lipinski definition) is 1. The quantitative estimate of drug-likeness (QED) is 0.807. The zero-order valence-corrected chi connectivity index (χ0v) is 8.88. The highest BCUT2D eigenvalue weighted by Crippen LogP contribution is 2.06. The first-order valence-corrected chi connectivity index (χ1v) is 5.31. The van der Waals surface area contributed by atoms with Crippen LogP contribution in [0.15, 0.2) is 24.3 Å². The fourth-order valence-corrected chi connectivity index (χ4v) is 1.39. The summed E-state index contributed by atoms with van der Waals surface area (Å²) in [7, 11) is 0. The molecule has 1 amide bonds. The number of rotatable bonds is 4. The molecule has 0 aliphatic heterocycles. The molecule has 3 heteroatoms. The van der Waals surface area contributed by atoms with Crippen LogP contribution in [0.5, 0.6) is 0 Å². The summed E-state index contributed by atoms with van der Waals surface area (Å²) in [6, 6.07) is 7.43. The Morgan fingerprint density at radius 3 is 2.38 bits per heavy atom. The van der Waals surface area contributed by atoms with Gasteiger partial charge < -0.3 is 5.73 Å². The molecular weight excluding hydrogens is 230 g/mol. The first kappa shape index (κ1) is 10.3. The molecule has 0 saturated heterocycles. The van der Waals surface area contributed by atoms with Crippen molar-refractivity contribution in [1.29, 1.82) is 0 Å². The van der Waals surface area contributed by atoms with Gasteiger partial charge in [-0.2, -0.15) is 0 Å². The Balaban J connectivity index is 2.64. The summed E-state index contributed by atoms with van der Waals surface area (Å²) in [6.07, 6.45) is 2.14. The molecule has 2 nitrogen and oxygen atoms in total. The molecule has 1 aromatic rings. The molecule has 0 atom stereocenters. The maximum atomic E-state index is 10.7. The highest BCUT2D eigenvalue weighted by Gasteiger charge is 1.98. The number of nitrogens with two attached hydrogens (primary N) is 1. The normalized spacial score (nSPS) is 9.92. The lowest BCUT2D eigenvalue weighted by Crippen LogP contribution is -2.10. The van der Waals surface area contributed by atoms with Crippen molar-refractivity contribution in [3.63, 3.8) is 0 Å². The molecule has 0 unspecified atom stereocenters. The Kier molecular flexibility index (Phi) is 3.96. The highest BCUT2D eigenvalue weighted by atomic mass is 79.9. The fourth-order valence-electron chi connectivity index (χ4n) is 1.11. The Morgan fingerprint density at radius 1 is 1.31 bits per heavy atom. The van der Waals surface area contributed by atoms with Crippen molar-refractivity contribution in [3.8, 4) is 0 Å². The number of carbonyl (C=O) groups excluding carboxylic acids is 1. The zero-order chi connectivity index (χ0) is 9.68. The minimum atomic E-state index is -0.368. The van der Waals surface area contributed by atoms with Crippen LogP contribution in [0.2, 0.25) is 0 Å². The molecule has 0 aliphatic rings. The molecule has 0 fully saturated rings. The molecule has 0 radical (unpaired) electrons. The van der Waals surface area contributed by atoms with E-state index < -0.39 is 0 Å². The van der Waals surface area contributed by atoms with Crippen molar-refractivity contribution >= 4 is 21.8 Å². The van der Waals surface area contributed by atoms with Crippen LogP contribution in [0.25, 0.3) is 0 Å². The van der Waals surface area contributed by atoms with Gasteiger partial charge in [-0.1, -0.05) is 28.1 Å². The van der Waals surface area contributed by atoms with Crippen LogP contribution in [0, 0.1) is 0 Å². The van der Waals surface area contributed by atoms with Gasteiger partial charge in [0.1, 0.15) is 0 Å². The zero-order valence-electron chi connectivity index (χ0n) is 7.29. The molecule has 0 heterocycles. The largest absolute Gasteiger partial charge is 0.366 e. The second-order valence-electron chi connectivity index (χ2n) is 2.85. The van der Waals surface area contributed by atoms with Gasteiger partial charge in [-0.3, -0.25) is 4.79 Å². The SMILES string of the molecule is NC(=O)c1ccc(CCCBr)cc1. The predicted octanol–water partition coefficient (Wildman–Crippen LogP) is 2.11. The maximum Gasteiger partial charge on any atom is 0.248 e. The van der Waals surface area contributed by atoms with E-state index in [1.54, 1.807) is 12.1 Å². The number of aryl methyl sites for hydroxylation is 1. The van der Waals surface area contributed by atoms with Crippen LogP contribution in [0.4, 0.5) is 0 Å². The lowest BCUT2D eigenvalue weighted by molar-refractivity contribution is 0.100. The standard InChI is InChI=1S/C10H12BrNO/c11-7-1-2-8-3-5-9(6-4-8)10(12)13/h3-6H,1-2,7H2,(H2,12,13). The molecular formula is C10H12BrNO. The van der Waals surface area contributed by atoms with Gasteiger partial charge in [0.05, 0.1) is 0 Å². The number of benzene rings is 1. The van der Waals surface area contributed by atoms with Gasteiger partial charge in [0.15, 0.2) is 0 Å². The number of carbonyl (C=O) groups is 1. The molecule has 13 heavy (non-hydrogen) atoms. The first-order valence-electron chi connectivity index (χ1n) is 4.18.